The number of rotatable bonds is 3. The molecule has 9 heteroatoms. The summed E-state index contributed by atoms with van der Waals surface area (Å²) >= 11 is 0. The van der Waals surface area contributed by atoms with Crippen molar-refractivity contribution in [1.29, 1.82) is 0 Å². The average Bonchev–Trinajstić information content (AvgIpc) is 2.81. The molecule has 1 aliphatic heterocycles. The Morgan fingerprint density at radius 3 is 2.29 bits per heavy atom. The molecule has 1 unspecified atom stereocenters. The molecule has 0 bridgehead atoms. The Balaban J connectivity index is 2.08. The smallest absolute Gasteiger partial charge is 0.399 e. The lowest BCUT2D eigenvalue weighted by atomic mass is 9.82. The van der Waals surface area contributed by atoms with Gasteiger partial charge < -0.3 is 14.4 Å². The van der Waals surface area contributed by atoms with E-state index in [-0.39, 0.29) is 0 Å². The predicted octanol–water partition coefficient (Wildman–Crippen LogP) is 1.11. The second-order valence-corrected chi connectivity index (χ2v) is 6.14. The van der Waals surface area contributed by atoms with Gasteiger partial charge in [0.15, 0.2) is 6.10 Å². The van der Waals surface area contributed by atoms with E-state index >= 15 is 0 Å². The summed E-state index contributed by atoms with van der Waals surface area (Å²) in [5.41, 5.74) is -0.556. The van der Waals surface area contributed by atoms with Crippen molar-refractivity contribution >= 4 is 12.6 Å². The maximum atomic E-state index is 12.3. The Hall–Kier alpha value is -1.06. The van der Waals surface area contributed by atoms with Crippen LogP contribution in [0.1, 0.15) is 27.7 Å². The second kappa shape index (κ2) is 5.00. The van der Waals surface area contributed by atoms with Crippen molar-refractivity contribution in [1.82, 2.24) is 9.78 Å². The quantitative estimate of drug-likeness (QED) is 0.850. The van der Waals surface area contributed by atoms with Gasteiger partial charge in [0.25, 0.3) is 0 Å². The van der Waals surface area contributed by atoms with Crippen LogP contribution in [0.2, 0.25) is 0 Å². The van der Waals surface area contributed by atoms with Gasteiger partial charge in [-0.1, -0.05) is 0 Å². The van der Waals surface area contributed by atoms with Crippen LogP contribution in [0.4, 0.5) is 13.2 Å². The zero-order valence-electron chi connectivity index (χ0n) is 12.3. The van der Waals surface area contributed by atoms with Crippen LogP contribution in [0.25, 0.3) is 0 Å². The minimum absolute atomic E-state index is 0.517. The largest absolute Gasteiger partial charge is 0.498 e. The summed E-state index contributed by atoms with van der Waals surface area (Å²) in [5, 5.41) is 12.8. The molecule has 0 radical (unpaired) electrons. The van der Waals surface area contributed by atoms with E-state index in [0.29, 0.717) is 5.46 Å². The van der Waals surface area contributed by atoms with E-state index in [1.807, 2.05) is 27.7 Å². The monoisotopic (exact) mass is 306 g/mol. The third-order valence-electron chi connectivity index (χ3n) is 3.92. The standard InChI is InChI=1S/C12H18BF3N2O3/c1-10(2)11(3,4)21-13(20-10)8-5-17-18(6-8)7-9(19)12(14,15)16/h5-6,9,19H,7H2,1-4H3. The van der Waals surface area contributed by atoms with E-state index in [2.05, 4.69) is 5.10 Å². The molecule has 2 rings (SSSR count). The summed E-state index contributed by atoms with van der Waals surface area (Å²) in [6.45, 7) is 6.86. The molecule has 5 nitrogen and oxygen atoms in total. The van der Waals surface area contributed by atoms with Crippen molar-refractivity contribution < 1.29 is 27.6 Å². The molecule has 1 saturated heterocycles. The molecule has 0 spiro atoms. The highest BCUT2D eigenvalue weighted by Gasteiger charge is 2.52. The van der Waals surface area contributed by atoms with Gasteiger partial charge >= 0.3 is 13.3 Å². The van der Waals surface area contributed by atoms with E-state index in [0.717, 1.165) is 4.68 Å². The highest BCUT2D eigenvalue weighted by Crippen LogP contribution is 2.36. The van der Waals surface area contributed by atoms with E-state index in [1.54, 1.807) is 0 Å². The minimum Gasteiger partial charge on any atom is -0.399 e. The third-order valence-corrected chi connectivity index (χ3v) is 3.92. The molecular formula is C12H18BF3N2O3. The molecule has 0 aromatic carbocycles. The van der Waals surface area contributed by atoms with E-state index in [4.69, 9.17) is 14.4 Å². The number of aromatic nitrogens is 2. The summed E-state index contributed by atoms with van der Waals surface area (Å²) < 4.78 is 49.5. The maximum absolute atomic E-state index is 12.3. The Kier molecular flexibility index (Phi) is 3.88. The molecule has 1 fully saturated rings. The van der Waals surface area contributed by atoms with Gasteiger partial charge in [0, 0.05) is 17.9 Å². The Morgan fingerprint density at radius 1 is 1.29 bits per heavy atom. The third kappa shape index (κ3) is 3.24. The first-order chi connectivity index (χ1) is 9.42. The second-order valence-electron chi connectivity index (χ2n) is 6.14. The summed E-state index contributed by atoms with van der Waals surface area (Å²) in [6, 6.07) is 0. The van der Waals surface area contributed by atoms with Crippen molar-refractivity contribution in [2.75, 3.05) is 0 Å². The van der Waals surface area contributed by atoms with Crippen LogP contribution in [0.15, 0.2) is 12.4 Å². The summed E-state index contributed by atoms with van der Waals surface area (Å²) in [7, 11) is -0.688. The van der Waals surface area contributed by atoms with Gasteiger partial charge in [-0.15, -0.1) is 0 Å². The molecule has 1 aliphatic rings. The fourth-order valence-corrected chi connectivity index (χ4v) is 1.86. The maximum Gasteiger partial charge on any atom is 0.498 e. The van der Waals surface area contributed by atoms with Gasteiger partial charge in [-0.05, 0) is 27.7 Å². The topological polar surface area (TPSA) is 56.5 Å². The van der Waals surface area contributed by atoms with Crippen LogP contribution in [0, 0.1) is 0 Å². The van der Waals surface area contributed by atoms with Crippen LogP contribution < -0.4 is 5.46 Å². The van der Waals surface area contributed by atoms with Crippen molar-refractivity contribution in [3.05, 3.63) is 12.4 Å². The van der Waals surface area contributed by atoms with Gasteiger partial charge in [0.1, 0.15) is 0 Å². The van der Waals surface area contributed by atoms with Gasteiger partial charge in [-0.25, -0.2) is 0 Å². The molecule has 0 aliphatic carbocycles. The summed E-state index contributed by atoms with van der Waals surface area (Å²) in [5.74, 6) is 0. The molecule has 1 aromatic heterocycles. The Bertz CT molecular complexity index is 500. The highest BCUT2D eigenvalue weighted by molar-refractivity contribution is 6.61. The van der Waals surface area contributed by atoms with Crippen LogP contribution in [-0.4, -0.2) is 45.5 Å². The number of aliphatic hydroxyl groups is 1. The van der Waals surface area contributed by atoms with E-state index in [1.165, 1.54) is 12.4 Å². The highest BCUT2D eigenvalue weighted by atomic mass is 19.4. The van der Waals surface area contributed by atoms with Crippen LogP contribution in [0.5, 0.6) is 0 Å². The average molecular weight is 306 g/mol. The number of alkyl halides is 3. The van der Waals surface area contributed by atoms with Crippen molar-refractivity contribution in [3.8, 4) is 0 Å². The fourth-order valence-electron chi connectivity index (χ4n) is 1.86. The summed E-state index contributed by atoms with van der Waals surface area (Å²) in [4.78, 5) is 0. The Labute approximate surface area is 121 Å². The van der Waals surface area contributed by atoms with Crippen molar-refractivity contribution in [2.24, 2.45) is 0 Å². The number of hydrogen-bond acceptors (Lipinski definition) is 4. The molecule has 21 heavy (non-hydrogen) atoms. The van der Waals surface area contributed by atoms with E-state index in [9.17, 15) is 13.2 Å². The fraction of sp³-hybridized carbons (Fsp3) is 0.750. The van der Waals surface area contributed by atoms with Crippen LogP contribution in [0.3, 0.4) is 0 Å². The lowest BCUT2D eigenvalue weighted by Gasteiger charge is -2.32. The minimum atomic E-state index is -4.67. The van der Waals surface area contributed by atoms with Gasteiger partial charge in [-0.2, -0.15) is 18.3 Å². The Morgan fingerprint density at radius 2 is 1.81 bits per heavy atom. The lowest BCUT2D eigenvalue weighted by Crippen LogP contribution is -2.41. The first-order valence-electron chi connectivity index (χ1n) is 6.55. The molecule has 118 valence electrons. The van der Waals surface area contributed by atoms with Gasteiger partial charge in [0.2, 0.25) is 0 Å². The predicted molar refractivity (Wildman–Crippen MR) is 70.0 cm³/mol. The van der Waals surface area contributed by atoms with Crippen LogP contribution in [-0.2, 0) is 15.9 Å². The lowest BCUT2D eigenvalue weighted by molar-refractivity contribution is -0.208. The number of halogens is 3. The first kappa shape index (κ1) is 16.3. The van der Waals surface area contributed by atoms with E-state index < -0.39 is 37.1 Å². The molecule has 1 N–H and O–H groups in total. The zero-order valence-corrected chi connectivity index (χ0v) is 12.3. The number of nitrogens with zero attached hydrogens (tertiary/aromatic N) is 2. The van der Waals surface area contributed by atoms with Gasteiger partial charge in [0.05, 0.1) is 17.7 Å². The SMILES string of the molecule is CC1(C)OB(c2cnn(CC(O)C(F)(F)F)c2)OC1(C)C. The molecule has 0 saturated carbocycles. The molecule has 1 atom stereocenters. The molecular weight excluding hydrogens is 288 g/mol. The first-order valence-corrected chi connectivity index (χ1v) is 6.55. The van der Waals surface area contributed by atoms with Crippen molar-refractivity contribution in [3.63, 3.8) is 0 Å². The van der Waals surface area contributed by atoms with Crippen LogP contribution >= 0.6 is 0 Å². The number of aliphatic hydroxyl groups excluding tert-OH is 1. The zero-order chi connectivity index (χ0) is 16.1. The molecule has 1 aromatic rings. The van der Waals surface area contributed by atoms with Crippen molar-refractivity contribution in [2.45, 2.75) is 57.7 Å². The summed E-state index contributed by atoms with van der Waals surface area (Å²) in [6.07, 6.45) is -4.36. The van der Waals surface area contributed by atoms with Gasteiger partial charge in [-0.3, -0.25) is 4.68 Å². The normalized spacial score (nSPS) is 22.6. The number of hydrogen-bond donors (Lipinski definition) is 1. The molecule has 0 amide bonds. The molecule has 2 heterocycles.